The zero-order valence-electron chi connectivity index (χ0n) is 6.56. The van der Waals surface area contributed by atoms with E-state index in [-0.39, 0.29) is 12.6 Å². The molecule has 1 aliphatic rings. The van der Waals surface area contributed by atoms with E-state index in [2.05, 4.69) is 12.1 Å². The molecule has 4 heteroatoms. The minimum absolute atomic E-state index is 0.0556. The van der Waals surface area contributed by atoms with Crippen LogP contribution in [0.5, 0.6) is 0 Å². The van der Waals surface area contributed by atoms with Gasteiger partial charge in [0.1, 0.15) is 6.54 Å². The summed E-state index contributed by atoms with van der Waals surface area (Å²) in [5.41, 5.74) is 0. The summed E-state index contributed by atoms with van der Waals surface area (Å²) in [4.78, 5) is 22.0. The van der Waals surface area contributed by atoms with Crippen molar-refractivity contribution in [3.8, 4) is 0 Å². The number of carbonyl (C=O) groups excluding carboxylic acids is 1. The van der Waals surface area contributed by atoms with Crippen molar-refractivity contribution < 1.29 is 4.79 Å². The van der Waals surface area contributed by atoms with E-state index in [0.29, 0.717) is 5.92 Å². The fourth-order valence-corrected chi connectivity index (χ4v) is 1.58. The lowest BCUT2D eigenvalue weighted by Crippen LogP contribution is -2.30. The first-order valence-corrected chi connectivity index (χ1v) is 3.78. The Morgan fingerprint density at radius 1 is 1.73 bits per heavy atom. The van der Waals surface area contributed by atoms with Crippen LogP contribution >= 0.6 is 0 Å². The van der Waals surface area contributed by atoms with Crippen molar-refractivity contribution in [3.05, 3.63) is 4.91 Å². The van der Waals surface area contributed by atoms with E-state index < -0.39 is 0 Å². The molecule has 0 aromatic heterocycles. The monoisotopic (exact) mass is 156 g/mol. The third-order valence-corrected chi connectivity index (χ3v) is 2.09. The van der Waals surface area contributed by atoms with Crippen LogP contribution in [0.15, 0.2) is 5.18 Å². The summed E-state index contributed by atoms with van der Waals surface area (Å²) < 4.78 is 0. The number of amides is 1. The highest BCUT2D eigenvalue weighted by atomic mass is 16.3. The molecule has 1 fully saturated rings. The second-order valence-corrected chi connectivity index (χ2v) is 3.11. The van der Waals surface area contributed by atoms with Gasteiger partial charge in [-0.1, -0.05) is 12.1 Å². The molecule has 0 N–H and O–H groups in total. The van der Waals surface area contributed by atoms with Gasteiger partial charge in [-0.15, -0.1) is 0 Å². The molecule has 1 heterocycles. The van der Waals surface area contributed by atoms with Crippen molar-refractivity contribution in [1.82, 2.24) is 4.90 Å². The van der Waals surface area contributed by atoms with E-state index in [9.17, 15) is 9.70 Å². The number of nitroso groups, excluding NO2 is 1. The molecule has 1 saturated heterocycles. The van der Waals surface area contributed by atoms with Gasteiger partial charge >= 0.3 is 0 Å². The van der Waals surface area contributed by atoms with Crippen LogP contribution in [0.25, 0.3) is 0 Å². The van der Waals surface area contributed by atoms with E-state index >= 15 is 0 Å². The second-order valence-electron chi connectivity index (χ2n) is 3.11. The van der Waals surface area contributed by atoms with Crippen LogP contribution in [0.2, 0.25) is 0 Å². The summed E-state index contributed by atoms with van der Waals surface area (Å²) in [6.45, 7) is 3.08. The van der Waals surface area contributed by atoms with Crippen molar-refractivity contribution in [2.24, 2.45) is 11.1 Å². The van der Waals surface area contributed by atoms with Crippen LogP contribution in [0.3, 0.4) is 0 Å². The molecule has 4 nitrogen and oxygen atoms in total. The van der Waals surface area contributed by atoms with Crippen LogP contribution in [-0.4, -0.2) is 30.4 Å². The Kier molecular flexibility index (Phi) is 2.57. The SMILES string of the molecule is CC1CC(CN=O)N(C=O)C1. The number of nitrogens with zero attached hydrogens (tertiary/aromatic N) is 2. The molecule has 1 rings (SSSR count). The van der Waals surface area contributed by atoms with Gasteiger partial charge in [-0.25, -0.2) is 0 Å². The van der Waals surface area contributed by atoms with Gasteiger partial charge in [0.05, 0.1) is 6.04 Å². The Balaban J connectivity index is 2.49. The fourth-order valence-electron chi connectivity index (χ4n) is 1.58. The van der Waals surface area contributed by atoms with Crippen LogP contribution in [0, 0.1) is 10.8 Å². The molecule has 2 atom stereocenters. The average molecular weight is 156 g/mol. The predicted molar refractivity (Wildman–Crippen MR) is 41.0 cm³/mol. The van der Waals surface area contributed by atoms with Gasteiger partial charge in [-0.3, -0.25) is 4.79 Å². The first kappa shape index (κ1) is 8.17. The summed E-state index contributed by atoms with van der Waals surface area (Å²) in [5, 5.41) is 2.80. The third kappa shape index (κ3) is 1.76. The molecule has 0 aliphatic carbocycles. The van der Waals surface area contributed by atoms with Gasteiger partial charge < -0.3 is 4.90 Å². The molecule has 0 saturated carbocycles. The van der Waals surface area contributed by atoms with Gasteiger partial charge in [0, 0.05) is 6.54 Å². The standard InChI is InChI=1S/C7H12N2O2/c1-6-2-7(3-8-11)9(4-6)5-10/h5-7H,2-4H2,1H3. The molecule has 1 aliphatic heterocycles. The maximum Gasteiger partial charge on any atom is 0.210 e. The highest BCUT2D eigenvalue weighted by molar-refractivity contribution is 5.48. The van der Waals surface area contributed by atoms with Gasteiger partial charge in [0.2, 0.25) is 6.41 Å². The summed E-state index contributed by atoms with van der Waals surface area (Å²) in [7, 11) is 0. The lowest BCUT2D eigenvalue weighted by atomic mass is 10.1. The van der Waals surface area contributed by atoms with Crippen molar-refractivity contribution in [1.29, 1.82) is 0 Å². The average Bonchev–Trinajstić information content (AvgIpc) is 2.32. The van der Waals surface area contributed by atoms with Crippen LogP contribution in [-0.2, 0) is 4.79 Å². The second kappa shape index (κ2) is 3.46. The maximum atomic E-state index is 10.4. The van der Waals surface area contributed by atoms with Gasteiger partial charge in [-0.05, 0) is 12.3 Å². The number of hydrogen-bond acceptors (Lipinski definition) is 3. The molecule has 2 unspecified atom stereocenters. The van der Waals surface area contributed by atoms with Gasteiger partial charge in [0.15, 0.2) is 0 Å². The van der Waals surface area contributed by atoms with E-state index in [1.54, 1.807) is 4.90 Å². The molecule has 0 aromatic carbocycles. The number of carbonyl (C=O) groups is 1. The van der Waals surface area contributed by atoms with Crippen LogP contribution < -0.4 is 0 Å². The van der Waals surface area contributed by atoms with Crippen LogP contribution in [0.4, 0.5) is 0 Å². The Labute approximate surface area is 65.5 Å². The van der Waals surface area contributed by atoms with E-state index in [1.807, 2.05) is 0 Å². The highest BCUT2D eigenvalue weighted by Crippen LogP contribution is 2.20. The van der Waals surface area contributed by atoms with Gasteiger partial charge in [0.25, 0.3) is 0 Å². The molecule has 0 radical (unpaired) electrons. The zero-order valence-corrected chi connectivity index (χ0v) is 6.56. The number of hydrogen-bond donors (Lipinski definition) is 0. The fraction of sp³-hybridized carbons (Fsp3) is 0.857. The maximum absolute atomic E-state index is 10.4. The molecule has 0 bridgehead atoms. The molecule has 0 aromatic rings. The number of likely N-dealkylation sites (tertiary alicyclic amines) is 1. The van der Waals surface area contributed by atoms with Crippen LogP contribution in [0.1, 0.15) is 13.3 Å². The van der Waals surface area contributed by atoms with Gasteiger partial charge in [-0.2, -0.15) is 4.91 Å². The van der Waals surface area contributed by atoms with E-state index in [0.717, 1.165) is 19.4 Å². The first-order chi connectivity index (χ1) is 5.27. The molecule has 62 valence electrons. The normalized spacial score (nSPS) is 30.5. The van der Waals surface area contributed by atoms with E-state index in [4.69, 9.17) is 0 Å². The number of rotatable bonds is 3. The van der Waals surface area contributed by atoms with Crippen molar-refractivity contribution in [3.63, 3.8) is 0 Å². The lowest BCUT2D eigenvalue weighted by molar-refractivity contribution is -0.118. The largest absolute Gasteiger partial charge is 0.340 e. The zero-order chi connectivity index (χ0) is 8.27. The Hall–Kier alpha value is -0.930. The molecular weight excluding hydrogens is 144 g/mol. The summed E-state index contributed by atoms with van der Waals surface area (Å²) >= 11 is 0. The van der Waals surface area contributed by atoms with Crippen molar-refractivity contribution >= 4 is 6.41 Å². The minimum atomic E-state index is 0.0556. The lowest BCUT2D eigenvalue weighted by Gasteiger charge is -2.15. The Morgan fingerprint density at radius 3 is 3.00 bits per heavy atom. The Bertz CT molecular complexity index is 161. The predicted octanol–water partition coefficient (Wildman–Crippen LogP) is 0.620. The summed E-state index contributed by atoms with van der Waals surface area (Å²) in [6, 6.07) is 0.0556. The quantitative estimate of drug-likeness (QED) is 0.444. The molecular formula is C7H12N2O2. The van der Waals surface area contributed by atoms with E-state index in [1.165, 1.54) is 0 Å². The van der Waals surface area contributed by atoms with Crippen molar-refractivity contribution in [2.75, 3.05) is 13.1 Å². The third-order valence-electron chi connectivity index (χ3n) is 2.09. The summed E-state index contributed by atoms with van der Waals surface area (Å²) in [5.74, 6) is 0.506. The first-order valence-electron chi connectivity index (χ1n) is 3.78. The smallest absolute Gasteiger partial charge is 0.210 e. The highest BCUT2D eigenvalue weighted by Gasteiger charge is 2.28. The molecule has 1 amide bonds. The van der Waals surface area contributed by atoms with Crippen molar-refractivity contribution in [2.45, 2.75) is 19.4 Å². The summed E-state index contributed by atoms with van der Waals surface area (Å²) in [6.07, 6.45) is 1.71. The minimum Gasteiger partial charge on any atom is -0.340 e. The Morgan fingerprint density at radius 2 is 2.45 bits per heavy atom. The topological polar surface area (TPSA) is 49.7 Å². The molecule has 0 spiro atoms. The molecule has 11 heavy (non-hydrogen) atoms.